The molecule has 0 bridgehead atoms. The minimum absolute atomic E-state index is 0.0551. The summed E-state index contributed by atoms with van der Waals surface area (Å²) in [5, 5.41) is 7.49. The minimum atomic E-state index is -0.911. The molecule has 17 aromatic rings. The van der Waals surface area contributed by atoms with Gasteiger partial charge in [0.2, 0.25) is 6.71 Å². The van der Waals surface area contributed by atoms with Crippen LogP contribution in [0.3, 0.4) is 0 Å². The van der Waals surface area contributed by atoms with E-state index in [2.05, 4.69) is 411 Å². The normalized spacial score (nSPS) is 13.7. The maximum atomic E-state index is 2.73. The molecule has 0 fully saturated rings. The monoisotopic (exact) mass is 1370 g/mol. The van der Waals surface area contributed by atoms with Crippen LogP contribution < -0.4 is 21.3 Å². The Morgan fingerprint density at radius 2 is 0.613 bits per heavy atom. The molecule has 0 N–H and O–H groups in total. The van der Waals surface area contributed by atoms with Gasteiger partial charge in [-0.15, -0.1) is 0 Å². The van der Waals surface area contributed by atoms with E-state index in [9.17, 15) is 0 Å². The molecule has 106 heavy (non-hydrogen) atoms. The van der Waals surface area contributed by atoms with Crippen LogP contribution in [0.2, 0.25) is 0 Å². The van der Waals surface area contributed by atoms with E-state index >= 15 is 0 Å². The molecular formula is C101H87BN4. The van der Waals surface area contributed by atoms with Crippen molar-refractivity contribution < 1.29 is 0 Å². The summed E-state index contributed by atoms with van der Waals surface area (Å²) in [5.74, 6) is 0. The van der Waals surface area contributed by atoms with Gasteiger partial charge in [-0.3, -0.25) is 0 Å². The number of hydrogen-bond donors (Lipinski definition) is 0. The highest BCUT2D eigenvalue weighted by Crippen LogP contribution is 2.55. The van der Waals surface area contributed by atoms with E-state index in [1.807, 2.05) is 0 Å². The quantitative estimate of drug-likeness (QED) is 0.139. The highest BCUT2D eigenvalue weighted by atomic mass is 15.2. The fourth-order valence-corrected chi connectivity index (χ4v) is 18.2. The molecule has 5 heterocycles. The van der Waals surface area contributed by atoms with Crippen LogP contribution >= 0.6 is 0 Å². The Morgan fingerprint density at radius 1 is 0.264 bits per heavy atom. The number of hydrogen-bond acceptors (Lipinski definition) is 1. The fourth-order valence-electron chi connectivity index (χ4n) is 18.2. The predicted molar refractivity (Wildman–Crippen MR) is 453 cm³/mol. The molecular weight excluding hydrogens is 1280 g/mol. The Morgan fingerprint density at radius 3 is 1.04 bits per heavy atom. The molecule has 0 saturated heterocycles. The van der Waals surface area contributed by atoms with Crippen LogP contribution in [0.25, 0.3) is 105 Å². The third kappa shape index (κ3) is 9.95. The van der Waals surface area contributed by atoms with Gasteiger partial charge in [0.15, 0.2) is 0 Å². The van der Waals surface area contributed by atoms with Gasteiger partial charge in [-0.05, 0) is 185 Å². The van der Waals surface area contributed by atoms with Crippen LogP contribution in [0.5, 0.6) is 0 Å². The van der Waals surface area contributed by atoms with E-state index < -0.39 is 5.41 Å². The number of anilines is 3. The Bertz CT molecular complexity index is 6120. The van der Waals surface area contributed by atoms with Crippen molar-refractivity contribution in [3.8, 4) is 39.3 Å². The van der Waals surface area contributed by atoms with Crippen molar-refractivity contribution in [1.82, 2.24) is 13.7 Å². The average molecular weight is 1370 g/mol. The fraction of sp³-hybridized carbons (Fsp3) is 0.168. The number of aromatic nitrogens is 3. The summed E-state index contributed by atoms with van der Waals surface area (Å²) in [6, 6.07) is 120. The summed E-state index contributed by atoms with van der Waals surface area (Å²) in [6.45, 7) is 27.8. The largest absolute Gasteiger partial charge is 0.310 e. The Hall–Kier alpha value is -11.7. The molecule has 14 aromatic carbocycles. The van der Waals surface area contributed by atoms with Crippen molar-refractivity contribution in [3.63, 3.8) is 0 Å². The van der Waals surface area contributed by atoms with Gasteiger partial charge < -0.3 is 18.6 Å². The SMILES string of the molecule is CC(C)(C)c1ccc2c(c1)c1cc(C(C)(C)C)ccc1n2-c1ccc2c(c1)N(c1c(-c3ccccc3)cccc1-c1ccccc1)c1cc(-n3c4ccccc4c4ccccc43)cc3c1B2c1ccc(-n2c4ccc(C(C)(C)C)cc4c4cc(C(C)(C)C)ccc42)cc1C3(c1ccccc1)c1ccccc1. The molecule has 0 saturated carbocycles. The second-order valence-electron chi connectivity index (χ2n) is 34.1. The first kappa shape index (κ1) is 65.1. The first-order chi connectivity index (χ1) is 51.1. The zero-order valence-electron chi connectivity index (χ0n) is 62.8. The lowest BCUT2D eigenvalue weighted by molar-refractivity contribution is 0.590. The van der Waals surface area contributed by atoms with Crippen LogP contribution in [0, 0.1) is 0 Å². The molecule has 514 valence electrons. The van der Waals surface area contributed by atoms with E-state index in [4.69, 9.17) is 0 Å². The van der Waals surface area contributed by atoms with E-state index in [1.165, 1.54) is 115 Å². The second-order valence-corrected chi connectivity index (χ2v) is 34.1. The van der Waals surface area contributed by atoms with Gasteiger partial charge in [-0.2, -0.15) is 0 Å². The highest BCUT2D eigenvalue weighted by Gasteiger charge is 2.53. The van der Waals surface area contributed by atoms with Crippen LogP contribution in [0.1, 0.15) is 128 Å². The molecule has 3 aromatic heterocycles. The maximum absolute atomic E-state index is 2.73. The molecule has 0 amide bonds. The molecule has 0 atom stereocenters. The molecule has 0 aliphatic carbocycles. The van der Waals surface area contributed by atoms with Crippen LogP contribution in [0.15, 0.2) is 309 Å². The molecule has 2 aliphatic rings. The van der Waals surface area contributed by atoms with Crippen molar-refractivity contribution >= 4 is 106 Å². The summed E-state index contributed by atoms with van der Waals surface area (Å²) < 4.78 is 7.71. The van der Waals surface area contributed by atoms with Gasteiger partial charge in [-0.1, -0.05) is 301 Å². The maximum Gasteiger partial charge on any atom is 0.247 e. The lowest BCUT2D eigenvalue weighted by Crippen LogP contribution is -2.65. The number of fused-ring (bicyclic) bond motifs is 13. The van der Waals surface area contributed by atoms with E-state index in [0.717, 1.165) is 67.4 Å². The van der Waals surface area contributed by atoms with Gasteiger partial charge in [0.1, 0.15) is 0 Å². The first-order valence-electron chi connectivity index (χ1n) is 37.9. The molecule has 0 radical (unpaired) electrons. The molecule has 0 unspecified atom stereocenters. The molecule has 19 rings (SSSR count). The van der Waals surface area contributed by atoms with Crippen molar-refractivity contribution in [2.45, 2.75) is 110 Å². The molecule has 2 aliphatic heterocycles. The number of nitrogens with zero attached hydrogens (tertiary/aromatic N) is 4. The zero-order chi connectivity index (χ0) is 72.5. The predicted octanol–water partition coefficient (Wildman–Crippen LogP) is 24.5. The van der Waals surface area contributed by atoms with Crippen LogP contribution in [-0.2, 0) is 27.1 Å². The summed E-state index contributed by atoms with van der Waals surface area (Å²) >= 11 is 0. The van der Waals surface area contributed by atoms with Crippen molar-refractivity contribution in [3.05, 3.63) is 354 Å². The van der Waals surface area contributed by atoms with E-state index in [0.29, 0.717) is 0 Å². The van der Waals surface area contributed by atoms with Crippen molar-refractivity contribution in [2.24, 2.45) is 0 Å². The summed E-state index contributed by atoms with van der Waals surface area (Å²) in [5.41, 5.74) is 31.1. The Labute approximate surface area is 623 Å². The third-order valence-corrected chi connectivity index (χ3v) is 23.6. The number of para-hydroxylation sites is 3. The molecule has 4 nitrogen and oxygen atoms in total. The van der Waals surface area contributed by atoms with E-state index in [-0.39, 0.29) is 28.4 Å². The average Bonchev–Trinajstić information content (AvgIpc) is 0.777. The van der Waals surface area contributed by atoms with Gasteiger partial charge in [0.05, 0.1) is 44.2 Å². The lowest BCUT2D eigenvalue weighted by atomic mass is 9.29. The highest BCUT2D eigenvalue weighted by molar-refractivity contribution is 6.99. The third-order valence-electron chi connectivity index (χ3n) is 23.6. The van der Waals surface area contributed by atoms with Gasteiger partial charge in [0.25, 0.3) is 0 Å². The number of rotatable bonds is 8. The standard InChI is InChI=1S/C101H87BN4/c1-97(2,3)68-44-52-89-79(56-68)80-57-69(98(4,5)6)45-53-90(80)103(89)72-48-50-85-83(60-72)101(66-34-21-15-22-35-66,67-36-23-16-24-37-67)84-61-74(105-87-42-27-25-38-77(87)78-39-26-28-43-88(78)105)63-94-95(84)102(85)86-51-49-73(104-91-54-46-70(99(7,8)9)58-81(91)82-59-71(100(10,11)12)47-55-92(82)104)62-93(86)106(94)96-75(64-30-17-13-18-31-64)40-29-41-76(96)65-32-19-14-20-33-65/h13-63H,1-12H3. The Kier molecular flexibility index (Phi) is 14.6. The van der Waals surface area contributed by atoms with Gasteiger partial charge in [-0.25, -0.2) is 0 Å². The zero-order valence-corrected chi connectivity index (χ0v) is 62.8. The van der Waals surface area contributed by atoms with Gasteiger partial charge in [0, 0.05) is 71.9 Å². The topological polar surface area (TPSA) is 18.0 Å². The van der Waals surface area contributed by atoms with Crippen LogP contribution in [0.4, 0.5) is 17.1 Å². The van der Waals surface area contributed by atoms with Crippen molar-refractivity contribution in [2.75, 3.05) is 4.90 Å². The summed E-state index contributed by atoms with van der Waals surface area (Å²) in [7, 11) is 0. The van der Waals surface area contributed by atoms with E-state index in [1.54, 1.807) is 0 Å². The number of benzene rings is 14. The van der Waals surface area contributed by atoms with Crippen molar-refractivity contribution in [1.29, 1.82) is 0 Å². The molecule has 5 heteroatoms. The first-order valence-corrected chi connectivity index (χ1v) is 37.9. The summed E-state index contributed by atoms with van der Waals surface area (Å²) in [4.78, 5) is 2.73. The van der Waals surface area contributed by atoms with Crippen LogP contribution in [-0.4, -0.2) is 20.4 Å². The summed E-state index contributed by atoms with van der Waals surface area (Å²) in [6.07, 6.45) is 0. The minimum Gasteiger partial charge on any atom is -0.310 e. The van der Waals surface area contributed by atoms with Gasteiger partial charge >= 0.3 is 0 Å². The smallest absolute Gasteiger partial charge is 0.247 e. The molecule has 0 spiro atoms. The second kappa shape index (κ2) is 23.7. The Balaban J connectivity index is 1.01. The lowest BCUT2D eigenvalue weighted by Gasteiger charge is -2.49.